The Morgan fingerprint density at radius 3 is 2.52 bits per heavy atom. The third kappa shape index (κ3) is 3.57. The monoisotopic (exact) mass is 407 g/mol. The van der Waals surface area contributed by atoms with Gasteiger partial charge in [-0.15, -0.1) is 11.3 Å². The molecule has 0 aliphatic carbocycles. The van der Waals surface area contributed by atoms with E-state index in [0.29, 0.717) is 17.0 Å². The number of allylic oxidation sites excluding steroid dienone is 1. The number of rotatable bonds is 5. The second-order valence-electron chi connectivity index (χ2n) is 6.35. The number of nitro groups is 1. The van der Waals surface area contributed by atoms with Gasteiger partial charge in [0.25, 0.3) is 5.69 Å². The minimum absolute atomic E-state index is 0.0736. The molecule has 0 amide bonds. The number of carbonyl (C=O) groups excluding carboxylic acids is 1. The van der Waals surface area contributed by atoms with E-state index in [-0.39, 0.29) is 17.3 Å². The number of fused-ring (bicyclic) bond motifs is 1. The fraction of sp³-hybridized carbons (Fsp3) is 0.0476. The Morgan fingerprint density at radius 2 is 1.86 bits per heavy atom. The summed E-state index contributed by atoms with van der Waals surface area (Å²) in [5.74, 6) is -0.621. The quantitative estimate of drug-likeness (QED) is 0.194. The number of carbonyl (C=O) groups is 1. The Kier molecular flexibility index (Phi) is 4.77. The highest BCUT2D eigenvalue weighted by Gasteiger charge is 2.16. The average molecular weight is 407 g/mol. The van der Waals surface area contributed by atoms with Crippen molar-refractivity contribution in [3.8, 4) is 11.3 Å². The van der Waals surface area contributed by atoms with Crippen LogP contribution in [0.2, 0.25) is 0 Å². The molecule has 0 saturated carbocycles. The van der Waals surface area contributed by atoms with Crippen molar-refractivity contribution in [2.75, 3.05) is 0 Å². The van der Waals surface area contributed by atoms with E-state index in [1.165, 1.54) is 53.8 Å². The molecule has 0 bridgehead atoms. The number of benzene rings is 2. The number of nitro benzene ring substituents is 1. The fourth-order valence-corrected chi connectivity index (χ4v) is 3.87. The molecule has 0 N–H and O–H groups in total. The number of thiazole rings is 1. The fourth-order valence-electron chi connectivity index (χ4n) is 2.99. The maximum Gasteiger partial charge on any atom is 0.269 e. The molecule has 8 heteroatoms. The van der Waals surface area contributed by atoms with Crippen LogP contribution in [0.1, 0.15) is 21.7 Å². The van der Waals surface area contributed by atoms with E-state index in [1.54, 1.807) is 18.2 Å². The van der Waals surface area contributed by atoms with Crippen LogP contribution < -0.4 is 0 Å². The first kappa shape index (κ1) is 18.7. The number of aryl methyl sites for hydroxylation is 1. The molecule has 6 nitrogen and oxygen atoms in total. The highest BCUT2D eigenvalue weighted by molar-refractivity contribution is 7.15. The van der Waals surface area contributed by atoms with Gasteiger partial charge in [0.1, 0.15) is 5.82 Å². The third-order valence-electron chi connectivity index (χ3n) is 4.44. The molecule has 4 rings (SSSR count). The molecule has 4 aromatic rings. The minimum Gasteiger partial charge on any atom is -0.289 e. The van der Waals surface area contributed by atoms with E-state index < -0.39 is 4.92 Å². The van der Waals surface area contributed by atoms with Crippen LogP contribution in [-0.4, -0.2) is 20.1 Å². The van der Waals surface area contributed by atoms with E-state index >= 15 is 0 Å². The summed E-state index contributed by atoms with van der Waals surface area (Å²) >= 11 is 1.48. The predicted octanol–water partition coefficient (Wildman–Crippen LogP) is 5.31. The third-order valence-corrected chi connectivity index (χ3v) is 5.39. The van der Waals surface area contributed by atoms with Gasteiger partial charge in [-0.2, -0.15) is 0 Å². The number of non-ortho nitro benzene ring substituents is 1. The maximum absolute atomic E-state index is 13.3. The number of nitrogens with zero attached hydrogens (tertiary/aromatic N) is 3. The summed E-state index contributed by atoms with van der Waals surface area (Å²) in [6.07, 6.45) is 3.08. The van der Waals surface area contributed by atoms with Gasteiger partial charge in [-0.3, -0.25) is 19.3 Å². The zero-order valence-electron chi connectivity index (χ0n) is 15.2. The number of aromatic nitrogens is 2. The van der Waals surface area contributed by atoms with Crippen molar-refractivity contribution in [1.29, 1.82) is 0 Å². The summed E-state index contributed by atoms with van der Waals surface area (Å²) in [5, 5.41) is 12.7. The molecule has 0 saturated heterocycles. The number of hydrogen-bond donors (Lipinski definition) is 0. The van der Waals surface area contributed by atoms with Gasteiger partial charge in [0.15, 0.2) is 10.7 Å². The van der Waals surface area contributed by atoms with Gasteiger partial charge in [-0.25, -0.2) is 9.37 Å². The van der Waals surface area contributed by atoms with Crippen molar-refractivity contribution >= 4 is 33.8 Å². The molecule has 2 aromatic carbocycles. The standard InChI is InChI=1S/C21H14FN3O3S/c1-13-12-29-21-23-20(15-2-6-16(22)7-3-15)18(24(13)21)10-11-19(26)14-4-8-17(9-5-14)25(27)28/h2-12H,1H3/b11-10+. The van der Waals surface area contributed by atoms with Gasteiger partial charge in [-0.05, 0) is 55.5 Å². The Bertz CT molecular complexity index is 1260. The summed E-state index contributed by atoms with van der Waals surface area (Å²) < 4.78 is 15.2. The normalized spacial score (nSPS) is 11.4. The summed E-state index contributed by atoms with van der Waals surface area (Å²) in [4.78, 5) is 28.2. The highest BCUT2D eigenvalue weighted by Crippen LogP contribution is 2.29. The van der Waals surface area contributed by atoms with Crippen LogP contribution in [0, 0.1) is 22.9 Å². The zero-order valence-corrected chi connectivity index (χ0v) is 16.0. The Hall–Kier alpha value is -3.65. The van der Waals surface area contributed by atoms with Gasteiger partial charge >= 0.3 is 0 Å². The van der Waals surface area contributed by atoms with E-state index in [0.717, 1.165) is 16.2 Å². The van der Waals surface area contributed by atoms with Crippen molar-refractivity contribution in [2.24, 2.45) is 0 Å². The lowest BCUT2D eigenvalue weighted by Gasteiger charge is -2.02. The van der Waals surface area contributed by atoms with E-state index in [1.807, 2.05) is 16.7 Å². The van der Waals surface area contributed by atoms with Crippen molar-refractivity contribution in [2.45, 2.75) is 6.92 Å². The highest BCUT2D eigenvalue weighted by atomic mass is 32.1. The largest absolute Gasteiger partial charge is 0.289 e. The molecule has 144 valence electrons. The van der Waals surface area contributed by atoms with Crippen molar-refractivity contribution in [3.05, 3.63) is 92.9 Å². The van der Waals surface area contributed by atoms with Gasteiger partial charge < -0.3 is 0 Å². The summed E-state index contributed by atoms with van der Waals surface area (Å²) in [6.45, 7) is 1.94. The first-order valence-electron chi connectivity index (χ1n) is 8.63. The number of hydrogen-bond acceptors (Lipinski definition) is 5. The first-order chi connectivity index (χ1) is 13.9. The van der Waals surface area contributed by atoms with Crippen molar-refractivity contribution in [1.82, 2.24) is 9.38 Å². The molecule has 29 heavy (non-hydrogen) atoms. The number of ketones is 1. The van der Waals surface area contributed by atoms with E-state index in [2.05, 4.69) is 4.98 Å². The molecular weight excluding hydrogens is 393 g/mol. The molecule has 0 radical (unpaired) electrons. The van der Waals surface area contributed by atoms with Crippen molar-refractivity contribution < 1.29 is 14.1 Å². The van der Waals surface area contributed by atoms with Crippen LogP contribution in [0.15, 0.2) is 60.0 Å². The van der Waals surface area contributed by atoms with Crippen LogP contribution in [-0.2, 0) is 0 Å². The van der Waals surface area contributed by atoms with Crippen LogP contribution >= 0.6 is 11.3 Å². The number of imidazole rings is 1. The Labute approximate surface area is 168 Å². The molecule has 0 aliphatic heterocycles. The molecule has 0 spiro atoms. The van der Waals surface area contributed by atoms with Gasteiger partial charge in [0.2, 0.25) is 0 Å². The second kappa shape index (κ2) is 7.40. The Balaban J connectivity index is 1.73. The average Bonchev–Trinajstić information content (AvgIpc) is 3.26. The van der Waals surface area contributed by atoms with Crippen LogP contribution in [0.25, 0.3) is 22.3 Å². The summed E-state index contributed by atoms with van der Waals surface area (Å²) in [5.41, 5.74) is 3.33. The molecule has 0 unspecified atom stereocenters. The van der Waals surface area contributed by atoms with Gasteiger partial charge in [0, 0.05) is 34.3 Å². The van der Waals surface area contributed by atoms with Gasteiger partial charge in [-0.1, -0.05) is 0 Å². The topological polar surface area (TPSA) is 77.5 Å². The van der Waals surface area contributed by atoms with Crippen LogP contribution in [0.5, 0.6) is 0 Å². The zero-order chi connectivity index (χ0) is 20.5. The van der Waals surface area contributed by atoms with Crippen LogP contribution in [0.4, 0.5) is 10.1 Å². The minimum atomic E-state index is -0.512. The summed E-state index contributed by atoms with van der Waals surface area (Å²) in [7, 11) is 0. The molecule has 0 aliphatic rings. The predicted molar refractivity (Wildman–Crippen MR) is 110 cm³/mol. The first-order valence-corrected chi connectivity index (χ1v) is 9.51. The van der Waals surface area contributed by atoms with Gasteiger partial charge in [0.05, 0.1) is 16.3 Å². The maximum atomic E-state index is 13.3. The molecule has 0 atom stereocenters. The van der Waals surface area contributed by atoms with Crippen molar-refractivity contribution in [3.63, 3.8) is 0 Å². The smallest absolute Gasteiger partial charge is 0.269 e. The number of halogens is 1. The Morgan fingerprint density at radius 1 is 1.17 bits per heavy atom. The second-order valence-corrected chi connectivity index (χ2v) is 7.19. The lowest BCUT2D eigenvalue weighted by atomic mass is 10.1. The van der Waals surface area contributed by atoms with Crippen LogP contribution in [0.3, 0.4) is 0 Å². The molecule has 2 aromatic heterocycles. The van der Waals surface area contributed by atoms with E-state index in [4.69, 9.17) is 0 Å². The lowest BCUT2D eigenvalue weighted by Crippen LogP contribution is -1.96. The molecule has 2 heterocycles. The molecule has 0 fully saturated rings. The van der Waals surface area contributed by atoms with E-state index in [9.17, 15) is 19.3 Å². The lowest BCUT2D eigenvalue weighted by molar-refractivity contribution is -0.384. The SMILES string of the molecule is Cc1csc2nc(-c3ccc(F)cc3)c(/C=C/C(=O)c3ccc([N+](=O)[O-])cc3)n12. The molecular formula is C21H14FN3O3S. The summed E-state index contributed by atoms with van der Waals surface area (Å²) in [6, 6.07) is 11.5.